The lowest BCUT2D eigenvalue weighted by atomic mass is 9.90. The second kappa shape index (κ2) is 9.36. The molecule has 2 aliphatic rings. The van der Waals surface area contributed by atoms with E-state index in [1.807, 2.05) is 25.2 Å². The number of hydrogen-bond donors (Lipinski definition) is 1. The quantitative estimate of drug-likeness (QED) is 0.347. The Balaban J connectivity index is 1.92. The highest BCUT2D eigenvalue weighted by Crippen LogP contribution is 2.31. The van der Waals surface area contributed by atoms with E-state index in [1.165, 1.54) is 36.8 Å². The van der Waals surface area contributed by atoms with Gasteiger partial charge in [0.15, 0.2) is 5.78 Å². The number of carbonyl (C=O) groups is 1. The summed E-state index contributed by atoms with van der Waals surface area (Å²) in [5.41, 5.74) is 5.33. The van der Waals surface area contributed by atoms with Gasteiger partial charge in [-0.05, 0) is 63.0 Å². The molecule has 0 amide bonds. The number of Topliss-reactive ketones (excluding diaryl/α,β-unsaturated/α-hetero) is 1. The van der Waals surface area contributed by atoms with Crippen molar-refractivity contribution in [2.24, 2.45) is 0 Å². The Hall–Kier alpha value is -1.96. The van der Waals surface area contributed by atoms with E-state index in [1.54, 1.807) is 0 Å². The molecule has 0 aromatic carbocycles. The molecular weight excluding hydrogens is 294 g/mol. The lowest BCUT2D eigenvalue weighted by Crippen LogP contribution is -2.06. The lowest BCUT2D eigenvalue weighted by Gasteiger charge is -2.15. The van der Waals surface area contributed by atoms with E-state index in [0.29, 0.717) is 18.6 Å². The molecule has 0 spiro atoms. The predicted molar refractivity (Wildman–Crippen MR) is 102 cm³/mol. The summed E-state index contributed by atoms with van der Waals surface area (Å²) in [7, 11) is 0. The zero-order chi connectivity index (χ0) is 17.4. The van der Waals surface area contributed by atoms with Gasteiger partial charge in [0.1, 0.15) is 0 Å². The van der Waals surface area contributed by atoms with Crippen molar-refractivity contribution in [2.75, 3.05) is 0 Å². The van der Waals surface area contributed by atoms with Gasteiger partial charge in [-0.2, -0.15) is 0 Å². The van der Waals surface area contributed by atoms with E-state index in [0.717, 1.165) is 24.0 Å². The molecule has 2 aliphatic carbocycles. The van der Waals surface area contributed by atoms with Crippen LogP contribution in [0.4, 0.5) is 0 Å². The normalized spacial score (nSPS) is 18.4. The molecule has 0 heterocycles. The third kappa shape index (κ3) is 5.02. The van der Waals surface area contributed by atoms with Crippen LogP contribution in [0.1, 0.15) is 65.2 Å². The first-order valence-electron chi connectivity index (χ1n) is 9.18. The Bertz CT molecular complexity index is 641. The summed E-state index contributed by atoms with van der Waals surface area (Å²) in [6.45, 7) is 3.95. The summed E-state index contributed by atoms with van der Waals surface area (Å²) in [6, 6.07) is 0. The zero-order valence-electron chi connectivity index (χ0n) is 15.0. The minimum absolute atomic E-state index is 0.127. The second-order valence-corrected chi connectivity index (χ2v) is 6.49. The summed E-state index contributed by atoms with van der Waals surface area (Å²) in [4.78, 5) is 12.3. The van der Waals surface area contributed by atoms with Crippen molar-refractivity contribution in [3.63, 3.8) is 0 Å². The highest BCUT2D eigenvalue weighted by Gasteiger charge is 2.14. The van der Waals surface area contributed by atoms with Crippen LogP contribution in [0, 0.1) is 5.41 Å². The Labute approximate surface area is 146 Å². The first-order valence-corrected chi connectivity index (χ1v) is 9.18. The molecule has 0 saturated heterocycles. The first-order chi connectivity index (χ1) is 11.7. The van der Waals surface area contributed by atoms with Crippen molar-refractivity contribution in [1.82, 2.24) is 0 Å². The van der Waals surface area contributed by atoms with Crippen LogP contribution >= 0.6 is 0 Å². The van der Waals surface area contributed by atoms with Crippen molar-refractivity contribution < 1.29 is 4.79 Å². The topological polar surface area (TPSA) is 40.9 Å². The minimum Gasteiger partial charge on any atom is -0.305 e. The van der Waals surface area contributed by atoms with Gasteiger partial charge in [0, 0.05) is 17.7 Å². The molecule has 0 aliphatic heterocycles. The van der Waals surface area contributed by atoms with Crippen molar-refractivity contribution >= 4 is 11.5 Å². The number of nitrogens with one attached hydrogen (secondary N) is 1. The van der Waals surface area contributed by atoms with Crippen LogP contribution in [0.3, 0.4) is 0 Å². The van der Waals surface area contributed by atoms with Gasteiger partial charge in [-0.1, -0.05) is 49.0 Å². The van der Waals surface area contributed by atoms with Gasteiger partial charge in [0.25, 0.3) is 0 Å². The number of rotatable bonds is 7. The largest absolute Gasteiger partial charge is 0.305 e. The molecule has 128 valence electrons. The van der Waals surface area contributed by atoms with E-state index in [9.17, 15) is 4.79 Å². The third-order valence-electron chi connectivity index (χ3n) is 4.78. The fraction of sp³-hybridized carbons (Fsp3) is 0.455. The van der Waals surface area contributed by atoms with Crippen LogP contribution in [0.15, 0.2) is 58.7 Å². The summed E-state index contributed by atoms with van der Waals surface area (Å²) in [5.74, 6) is 0.127. The number of carbonyl (C=O) groups excluding carboxylic acids is 1. The van der Waals surface area contributed by atoms with Crippen LogP contribution in [0.25, 0.3) is 0 Å². The summed E-state index contributed by atoms with van der Waals surface area (Å²) in [6.07, 6.45) is 20.0. The van der Waals surface area contributed by atoms with Gasteiger partial charge < -0.3 is 5.41 Å². The summed E-state index contributed by atoms with van der Waals surface area (Å²) < 4.78 is 0. The maximum absolute atomic E-state index is 12.3. The fourth-order valence-electron chi connectivity index (χ4n) is 3.26. The van der Waals surface area contributed by atoms with E-state index < -0.39 is 0 Å². The molecule has 2 rings (SSSR count). The van der Waals surface area contributed by atoms with E-state index in [2.05, 4.69) is 25.2 Å². The standard InChI is InChI=1S/C22H29NO/c1-3-5-8-17(4-2)22(24)16-15-21(23)20-13-11-18-9-6-7-10-19(18)12-14-20/h4-5,8,11,13-14,23H,3,6-7,9-10,12,15-16H2,1-2H3/b8-5-,17-4+,23-21?. The molecule has 2 nitrogen and oxygen atoms in total. The Kier molecular flexibility index (Phi) is 7.17. The third-order valence-corrected chi connectivity index (χ3v) is 4.78. The molecule has 0 fully saturated rings. The van der Waals surface area contributed by atoms with Gasteiger partial charge in [-0.15, -0.1) is 0 Å². The lowest BCUT2D eigenvalue weighted by molar-refractivity contribution is -0.115. The zero-order valence-corrected chi connectivity index (χ0v) is 15.0. The van der Waals surface area contributed by atoms with Gasteiger partial charge in [-0.25, -0.2) is 0 Å². The molecule has 24 heavy (non-hydrogen) atoms. The van der Waals surface area contributed by atoms with E-state index in [4.69, 9.17) is 5.41 Å². The number of allylic oxidation sites excluding steroid dienone is 10. The van der Waals surface area contributed by atoms with E-state index >= 15 is 0 Å². The maximum atomic E-state index is 12.3. The van der Waals surface area contributed by atoms with Gasteiger partial charge in [-0.3, -0.25) is 4.79 Å². The summed E-state index contributed by atoms with van der Waals surface area (Å²) >= 11 is 0. The molecule has 0 aromatic heterocycles. The molecule has 0 radical (unpaired) electrons. The number of ketones is 1. The van der Waals surface area contributed by atoms with Gasteiger partial charge in [0.05, 0.1) is 0 Å². The SMILES string of the molecule is C/C=C(\C=C/CC)C(=O)CCC(=N)C1=CCC2=C(C=C1)CCCC2. The van der Waals surface area contributed by atoms with Crippen LogP contribution in [0.5, 0.6) is 0 Å². The Morgan fingerprint density at radius 3 is 2.75 bits per heavy atom. The molecule has 0 unspecified atom stereocenters. The monoisotopic (exact) mass is 323 g/mol. The highest BCUT2D eigenvalue weighted by atomic mass is 16.1. The van der Waals surface area contributed by atoms with Crippen molar-refractivity contribution in [2.45, 2.75) is 65.2 Å². The highest BCUT2D eigenvalue weighted by molar-refractivity contribution is 6.05. The molecule has 2 heteroatoms. The maximum Gasteiger partial charge on any atom is 0.162 e. The van der Waals surface area contributed by atoms with Crippen LogP contribution in [0.2, 0.25) is 0 Å². The predicted octanol–water partition coefficient (Wildman–Crippen LogP) is 6.02. The van der Waals surface area contributed by atoms with Crippen LogP contribution in [-0.4, -0.2) is 11.5 Å². The van der Waals surface area contributed by atoms with Crippen molar-refractivity contribution in [3.8, 4) is 0 Å². The average Bonchev–Trinajstić information content (AvgIpc) is 2.83. The first kappa shape index (κ1) is 18.4. The summed E-state index contributed by atoms with van der Waals surface area (Å²) in [5, 5.41) is 8.34. The molecule has 1 N–H and O–H groups in total. The van der Waals surface area contributed by atoms with E-state index in [-0.39, 0.29) is 5.78 Å². The Morgan fingerprint density at radius 1 is 1.21 bits per heavy atom. The fourth-order valence-corrected chi connectivity index (χ4v) is 3.26. The van der Waals surface area contributed by atoms with Crippen molar-refractivity contribution in [3.05, 3.63) is 58.7 Å². The number of hydrogen-bond acceptors (Lipinski definition) is 2. The molecular formula is C22H29NO. The van der Waals surface area contributed by atoms with Crippen molar-refractivity contribution in [1.29, 1.82) is 5.41 Å². The van der Waals surface area contributed by atoms with Gasteiger partial charge in [0.2, 0.25) is 0 Å². The average molecular weight is 323 g/mol. The van der Waals surface area contributed by atoms with Crippen LogP contribution in [-0.2, 0) is 4.79 Å². The minimum atomic E-state index is 0.127. The molecule has 0 aromatic rings. The van der Waals surface area contributed by atoms with Crippen LogP contribution < -0.4 is 0 Å². The molecule has 0 saturated carbocycles. The molecule has 0 atom stereocenters. The second-order valence-electron chi connectivity index (χ2n) is 6.49. The Morgan fingerprint density at radius 2 is 2.00 bits per heavy atom. The smallest absolute Gasteiger partial charge is 0.162 e. The molecule has 0 bridgehead atoms. The van der Waals surface area contributed by atoms with Gasteiger partial charge >= 0.3 is 0 Å².